The van der Waals surface area contributed by atoms with Gasteiger partial charge >= 0.3 is 11.9 Å². The molecule has 0 aliphatic carbocycles. The largest absolute Gasteiger partial charge is 0.463 e. The average molecular weight is 408 g/mol. The van der Waals surface area contributed by atoms with Gasteiger partial charge in [0, 0.05) is 12.0 Å². The van der Waals surface area contributed by atoms with Crippen molar-refractivity contribution in [2.75, 3.05) is 39.6 Å². The van der Waals surface area contributed by atoms with Crippen LogP contribution in [0.1, 0.15) is 55.8 Å². The lowest BCUT2D eigenvalue weighted by Gasteiger charge is -2.07. The third-order valence-corrected chi connectivity index (χ3v) is 4.03. The molecule has 0 saturated heterocycles. The second-order valence-corrected chi connectivity index (χ2v) is 6.44. The van der Waals surface area contributed by atoms with Crippen LogP contribution in [0, 0.1) is 0 Å². The highest BCUT2D eigenvalue weighted by molar-refractivity contribution is 6.40. The van der Waals surface area contributed by atoms with E-state index in [1.807, 2.05) is 0 Å². The maximum atomic E-state index is 11.8. The molecule has 0 atom stereocenters. The number of carbonyl (C=O) groups excluding carboxylic acids is 3. The first-order valence-corrected chi connectivity index (χ1v) is 10.2. The van der Waals surface area contributed by atoms with E-state index in [0.717, 1.165) is 19.3 Å². The maximum Gasteiger partial charge on any atom is 0.379 e. The summed E-state index contributed by atoms with van der Waals surface area (Å²) in [6, 6.07) is 8.24. The Morgan fingerprint density at radius 1 is 0.724 bits per heavy atom. The van der Waals surface area contributed by atoms with Crippen LogP contribution in [0.25, 0.3) is 0 Å². The summed E-state index contributed by atoms with van der Waals surface area (Å²) >= 11 is 0. The number of hydrogen-bond donors (Lipinski definition) is 0. The molecule has 0 N–H and O–H groups in total. The zero-order valence-corrected chi connectivity index (χ0v) is 17.2. The number of esters is 2. The molecule has 0 aromatic heterocycles. The summed E-state index contributed by atoms with van der Waals surface area (Å²) in [5.41, 5.74) is 0.295. The Balaban J connectivity index is 1.89. The van der Waals surface area contributed by atoms with Crippen LogP contribution in [0.15, 0.2) is 30.3 Å². The summed E-state index contributed by atoms with van der Waals surface area (Å²) < 4.78 is 20.5. The minimum absolute atomic E-state index is 0.00667. The third-order valence-electron chi connectivity index (χ3n) is 4.03. The van der Waals surface area contributed by atoms with Crippen molar-refractivity contribution in [1.29, 1.82) is 0 Å². The number of ketones is 1. The van der Waals surface area contributed by atoms with Crippen LogP contribution in [0.3, 0.4) is 0 Å². The van der Waals surface area contributed by atoms with Crippen LogP contribution in [0.2, 0.25) is 0 Å². The number of rotatable bonds is 17. The van der Waals surface area contributed by atoms with Gasteiger partial charge in [-0.15, -0.1) is 0 Å². The van der Waals surface area contributed by atoms with Crippen LogP contribution in [0.5, 0.6) is 0 Å². The van der Waals surface area contributed by atoms with E-state index in [1.165, 1.54) is 12.8 Å². The van der Waals surface area contributed by atoms with Gasteiger partial charge in [-0.3, -0.25) is 9.59 Å². The number of ether oxygens (including phenoxy) is 4. The molecule has 0 aliphatic heterocycles. The fraction of sp³-hybridized carbons (Fsp3) is 0.591. The Morgan fingerprint density at radius 2 is 1.31 bits per heavy atom. The van der Waals surface area contributed by atoms with E-state index in [-0.39, 0.29) is 25.8 Å². The third kappa shape index (κ3) is 12.8. The predicted octanol–water partition coefficient (Wildman–Crippen LogP) is 3.35. The van der Waals surface area contributed by atoms with Crippen LogP contribution in [-0.2, 0) is 28.5 Å². The molecule has 1 aromatic rings. The zero-order chi connectivity index (χ0) is 21.2. The van der Waals surface area contributed by atoms with Crippen molar-refractivity contribution in [3.63, 3.8) is 0 Å². The van der Waals surface area contributed by atoms with Crippen LogP contribution < -0.4 is 0 Å². The highest BCUT2D eigenvalue weighted by Crippen LogP contribution is 2.05. The number of carbonyl (C=O) groups is 3. The molecule has 0 spiro atoms. The van der Waals surface area contributed by atoms with E-state index in [2.05, 4.69) is 6.92 Å². The zero-order valence-electron chi connectivity index (χ0n) is 17.2. The highest BCUT2D eigenvalue weighted by atomic mass is 16.6. The summed E-state index contributed by atoms with van der Waals surface area (Å²) in [5, 5.41) is 0. The first kappa shape index (κ1) is 24.8. The van der Waals surface area contributed by atoms with Crippen molar-refractivity contribution < 1.29 is 33.3 Å². The van der Waals surface area contributed by atoms with Crippen molar-refractivity contribution in [3.8, 4) is 0 Å². The van der Waals surface area contributed by atoms with Gasteiger partial charge in [-0.2, -0.15) is 0 Å². The summed E-state index contributed by atoms with van der Waals surface area (Å²) in [4.78, 5) is 34.9. The van der Waals surface area contributed by atoms with E-state index < -0.39 is 11.8 Å². The molecule has 0 aliphatic rings. The van der Waals surface area contributed by atoms with Crippen molar-refractivity contribution >= 4 is 17.7 Å². The second-order valence-electron chi connectivity index (χ2n) is 6.44. The fourth-order valence-corrected chi connectivity index (χ4v) is 2.45. The highest BCUT2D eigenvalue weighted by Gasteiger charge is 2.16. The van der Waals surface area contributed by atoms with Crippen molar-refractivity contribution in [2.24, 2.45) is 0 Å². The van der Waals surface area contributed by atoms with Crippen molar-refractivity contribution in [3.05, 3.63) is 35.9 Å². The predicted molar refractivity (Wildman–Crippen MR) is 108 cm³/mol. The Kier molecular flexibility index (Phi) is 14.3. The molecule has 0 amide bonds. The summed E-state index contributed by atoms with van der Waals surface area (Å²) in [6.45, 7) is 3.51. The maximum absolute atomic E-state index is 11.8. The summed E-state index contributed by atoms with van der Waals surface area (Å²) in [6.07, 6.45) is 5.94. The minimum atomic E-state index is -0.900. The molecule has 0 radical (unpaired) electrons. The number of Topliss-reactive ketones (excluding diaryl/α,β-unsaturated/α-hetero) is 1. The number of benzene rings is 1. The van der Waals surface area contributed by atoms with Gasteiger partial charge in [0.2, 0.25) is 0 Å². The molecule has 7 nitrogen and oxygen atoms in total. The lowest BCUT2D eigenvalue weighted by molar-refractivity contribution is -0.145. The van der Waals surface area contributed by atoms with Crippen LogP contribution in [0.4, 0.5) is 0 Å². The Hall–Kier alpha value is -2.25. The van der Waals surface area contributed by atoms with E-state index >= 15 is 0 Å². The van der Waals surface area contributed by atoms with Gasteiger partial charge in [0.25, 0.3) is 5.78 Å². The quantitative estimate of drug-likeness (QED) is 0.169. The van der Waals surface area contributed by atoms with E-state index in [9.17, 15) is 14.4 Å². The van der Waals surface area contributed by atoms with Gasteiger partial charge in [-0.1, -0.05) is 62.9 Å². The van der Waals surface area contributed by atoms with Gasteiger partial charge in [0.1, 0.15) is 13.2 Å². The molecule has 7 heteroatoms. The van der Waals surface area contributed by atoms with Gasteiger partial charge in [0.05, 0.1) is 26.4 Å². The van der Waals surface area contributed by atoms with Crippen molar-refractivity contribution in [2.45, 2.75) is 45.4 Å². The Morgan fingerprint density at radius 3 is 1.97 bits per heavy atom. The standard InChI is InChI=1S/C22H32O7/c1-2-3-4-5-9-12-20(23)28-17-15-26-13-14-27-16-18-29-22(25)21(24)19-10-7-6-8-11-19/h6-8,10-11H,2-5,9,12-18H2,1H3. The topological polar surface area (TPSA) is 88.1 Å². The van der Waals surface area contributed by atoms with E-state index in [4.69, 9.17) is 18.9 Å². The van der Waals surface area contributed by atoms with Crippen LogP contribution >= 0.6 is 0 Å². The molecular weight excluding hydrogens is 376 g/mol. The SMILES string of the molecule is CCCCCCCC(=O)OCCOCCOCCOC(=O)C(=O)c1ccccc1. The molecule has 0 heterocycles. The molecule has 0 fully saturated rings. The monoisotopic (exact) mass is 408 g/mol. The molecule has 0 bridgehead atoms. The van der Waals surface area contributed by atoms with E-state index in [1.54, 1.807) is 30.3 Å². The first-order chi connectivity index (χ1) is 14.1. The number of hydrogen-bond acceptors (Lipinski definition) is 7. The van der Waals surface area contributed by atoms with Gasteiger partial charge in [-0.05, 0) is 6.42 Å². The fourth-order valence-electron chi connectivity index (χ4n) is 2.45. The summed E-state index contributed by atoms with van der Waals surface area (Å²) in [5.74, 6) is -1.76. The smallest absolute Gasteiger partial charge is 0.379 e. The lowest BCUT2D eigenvalue weighted by atomic mass is 10.1. The molecule has 0 unspecified atom stereocenters. The van der Waals surface area contributed by atoms with Gasteiger partial charge in [0.15, 0.2) is 0 Å². The Labute approximate surface area is 172 Å². The lowest BCUT2D eigenvalue weighted by Crippen LogP contribution is -2.20. The molecule has 1 aromatic carbocycles. The first-order valence-electron chi connectivity index (χ1n) is 10.2. The molecule has 162 valence electrons. The average Bonchev–Trinajstić information content (AvgIpc) is 2.74. The normalized spacial score (nSPS) is 10.5. The van der Waals surface area contributed by atoms with Gasteiger partial charge in [-0.25, -0.2) is 4.79 Å². The van der Waals surface area contributed by atoms with Crippen LogP contribution in [-0.4, -0.2) is 57.4 Å². The minimum Gasteiger partial charge on any atom is -0.463 e. The summed E-state index contributed by atoms with van der Waals surface area (Å²) in [7, 11) is 0. The second kappa shape index (κ2) is 16.7. The molecule has 29 heavy (non-hydrogen) atoms. The van der Waals surface area contributed by atoms with E-state index in [0.29, 0.717) is 31.8 Å². The Bertz CT molecular complexity index is 586. The molecule has 0 saturated carbocycles. The number of unbranched alkanes of at least 4 members (excludes halogenated alkanes) is 4. The van der Waals surface area contributed by atoms with Gasteiger partial charge < -0.3 is 18.9 Å². The van der Waals surface area contributed by atoms with Crippen molar-refractivity contribution in [1.82, 2.24) is 0 Å². The molecular formula is C22H32O7. The molecule has 1 rings (SSSR count).